The average molecular weight is 297 g/mol. The summed E-state index contributed by atoms with van der Waals surface area (Å²) >= 11 is 3.13. The van der Waals surface area contributed by atoms with E-state index in [0.717, 1.165) is 0 Å². The number of phenolic OH excluding ortho intramolecular Hbond substituents is 1. The van der Waals surface area contributed by atoms with Crippen LogP contribution in [0.4, 0.5) is 4.39 Å². The molecular formula is C10H12BrClFNO. The van der Waals surface area contributed by atoms with Crippen LogP contribution in [0.3, 0.4) is 0 Å². The highest BCUT2D eigenvalue weighted by atomic mass is 79.9. The standard InChI is InChI=1S/C10H11BrFNO.ClH/c1-2-3-9(13)7-4-6(11)5-8(12)10(7)14;/h2,4-5,9,14H,1,3,13H2;1H/t9-;/m0./s1. The Hall–Kier alpha value is -0.580. The Kier molecular flexibility index (Phi) is 5.87. The Morgan fingerprint density at radius 1 is 1.60 bits per heavy atom. The van der Waals surface area contributed by atoms with Crippen LogP contribution in [-0.4, -0.2) is 5.11 Å². The number of hydrogen-bond donors (Lipinski definition) is 2. The number of rotatable bonds is 3. The first kappa shape index (κ1) is 14.4. The first-order chi connectivity index (χ1) is 6.56. The Balaban J connectivity index is 0.00000196. The van der Waals surface area contributed by atoms with Crippen LogP contribution in [0.5, 0.6) is 5.75 Å². The minimum atomic E-state index is -0.672. The van der Waals surface area contributed by atoms with Crippen LogP contribution in [0.1, 0.15) is 18.0 Å². The molecule has 5 heteroatoms. The second kappa shape index (κ2) is 6.10. The molecule has 1 rings (SSSR count). The zero-order valence-electron chi connectivity index (χ0n) is 7.91. The first-order valence-electron chi connectivity index (χ1n) is 4.10. The minimum absolute atomic E-state index is 0. The summed E-state index contributed by atoms with van der Waals surface area (Å²) in [6, 6.07) is 2.37. The lowest BCUT2D eigenvalue weighted by molar-refractivity contribution is 0.420. The van der Waals surface area contributed by atoms with Gasteiger partial charge in [0.15, 0.2) is 11.6 Å². The Morgan fingerprint density at radius 2 is 2.20 bits per heavy atom. The number of hydrogen-bond acceptors (Lipinski definition) is 2. The molecule has 0 saturated carbocycles. The normalized spacial score (nSPS) is 11.7. The number of phenols is 1. The monoisotopic (exact) mass is 295 g/mol. The fourth-order valence-electron chi connectivity index (χ4n) is 1.18. The lowest BCUT2D eigenvalue weighted by atomic mass is 10.0. The van der Waals surface area contributed by atoms with Crippen LogP contribution in [-0.2, 0) is 0 Å². The van der Waals surface area contributed by atoms with Gasteiger partial charge < -0.3 is 10.8 Å². The van der Waals surface area contributed by atoms with Gasteiger partial charge in [0.05, 0.1) is 0 Å². The predicted octanol–water partition coefficient (Wildman–Crippen LogP) is 3.29. The van der Waals surface area contributed by atoms with Crippen molar-refractivity contribution >= 4 is 28.3 Å². The summed E-state index contributed by atoms with van der Waals surface area (Å²) in [5.74, 6) is -1.06. The quantitative estimate of drug-likeness (QED) is 0.841. The van der Waals surface area contributed by atoms with Gasteiger partial charge in [-0.05, 0) is 18.6 Å². The van der Waals surface area contributed by atoms with Gasteiger partial charge in [-0.1, -0.05) is 22.0 Å². The van der Waals surface area contributed by atoms with E-state index in [1.165, 1.54) is 6.07 Å². The van der Waals surface area contributed by atoms with E-state index in [4.69, 9.17) is 5.73 Å². The lowest BCUT2D eigenvalue weighted by Gasteiger charge is -2.12. The first-order valence-corrected chi connectivity index (χ1v) is 4.90. The van der Waals surface area contributed by atoms with Gasteiger partial charge in [0.25, 0.3) is 0 Å². The molecule has 0 aliphatic carbocycles. The van der Waals surface area contributed by atoms with E-state index < -0.39 is 11.9 Å². The summed E-state index contributed by atoms with van der Waals surface area (Å²) in [7, 11) is 0. The Morgan fingerprint density at radius 3 is 2.73 bits per heavy atom. The molecule has 3 N–H and O–H groups in total. The van der Waals surface area contributed by atoms with E-state index in [9.17, 15) is 9.50 Å². The molecule has 0 unspecified atom stereocenters. The SMILES string of the molecule is C=CC[C@H](N)c1cc(Br)cc(F)c1O.Cl. The smallest absolute Gasteiger partial charge is 0.166 e. The van der Waals surface area contributed by atoms with Gasteiger partial charge in [-0.2, -0.15) is 0 Å². The molecule has 84 valence electrons. The molecule has 0 aliphatic rings. The number of aromatic hydroxyl groups is 1. The van der Waals surface area contributed by atoms with Gasteiger partial charge in [-0.25, -0.2) is 4.39 Å². The van der Waals surface area contributed by atoms with Gasteiger partial charge >= 0.3 is 0 Å². The second-order valence-electron chi connectivity index (χ2n) is 2.96. The van der Waals surface area contributed by atoms with Crippen molar-refractivity contribution in [1.82, 2.24) is 0 Å². The van der Waals surface area contributed by atoms with Crippen LogP contribution < -0.4 is 5.73 Å². The summed E-state index contributed by atoms with van der Waals surface area (Å²) in [5.41, 5.74) is 6.11. The van der Waals surface area contributed by atoms with Gasteiger partial charge in [-0.3, -0.25) is 0 Å². The third-order valence-corrected chi connectivity index (χ3v) is 2.34. The molecule has 1 aromatic rings. The van der Waals surface area contributed by atoms with E-state index >= 15 is 0 Å². The third kappa shape index (κ3) is 3.48. The van der Waals surface area contributed by atoms with Crippen molar-refractivity contribution in [3.8, 4) is 5.75 Å². The second-order valence-corrected chi connectivity index (χ2v) is 3.87. The van der Waals surface area contributed by atoms with Crippen molar-refractivity contribution in [2.24, 2.45) is 5.73 Å². The van der Waals surface area contributed by atoms with Gasteiger partial charge in [-0.15, -0.1) is 19.0 Å². The van der Waals surface area contributed by atoms with Crippen LogP contribution in [0.2, 0.25) is 0 Å². The molecule has 0 spiro atoms. The summed E-state index contributed by atoms with van der Waals surface area (Å²) < 4.78 is 13.6. The molecule has 0 heterocycles. The number of benzene rings is 1. The maximum atomic E-state index is 13.1. The highest BCUT2D eigenvalue weighted by Gasteiger charge is 2.14. The highest BCUT2D eigenvalue weighted by molar-refractivity contribution is 9.10. The summed E-state index contributed by atoms with van der Waals surface area (Å²) in [4.78, 5) is 0. The molecule has 0 bridgehead atoms. The minimum Gasteiger partial charge on any atom is -0.505 e. The van der Waals surface area contributed by atoms with Gasteiger partial charge in [0, 0.05) is 16.1 Å². The van der Waals surface area contributed by atoms with E-state index in [0.29, 0.717) is 16.5 Å². The van der Waals surface area contributed by atoms with E-state index in [1.807, 2.05) is 0 Å². The van der Waals surface area contributed by atoms with E-state index in [1.54, 1.807) is 12.1 Å². The molecule has 15 heavy (non-hydrogen) atoms. The Bertz CT molecular complexity index is 360. The molecule has 2 nitrogen and oxygen atoms in total. The third-order valence-electron chi connectivity index (χ3n) is 1.88. The van der Waals surface area contributed by atoms with Crippen molar-refractivity contribution in [3.63, 3.8) is 0 Å². The van der Waals surface area contributed by atoms with E-state index in [-0.39, 0.29) is 18.2 Å². The molecule has 1 atom stereocenters. The lowest BCUT2D eigenvalue weighted by Crippen LogP contribution is -2.09. The zero-order valence-corrected chi connectivity index (χ0v) is 10.3. The van der Waals surface area contributed by atoms with Crippen molar-refractivity contribution in [2.75, 3.05) is 0 Å². The van der Waals surface area contributed by atoms with Crippen molar-refractivity contribution in [3.05, 3.63) is 40.6 Å². The summed E-state index contributed by atoms with van der Waals surface area (Å²) in [5, 5.41) is 9.41. The fourth-order valence-corrected chi connectivity index (χ4v) is 1.62. The maximum absolute atomic E-state index is 13.1. The molecule has 0 aliphatic heterocycles. The topological polar surface area (TPSA) is 46.2 Å². The molecule has 1 aromatic carbocycles. The number of halogens is 3. The highest BCUT2D eigenvalue weighted by Crippen LogP contribution is 2.30. The molecule has 0 radical (unpaired) electrons. The van der Waals surface area contributed by atoms with Gasteiger partial charge in [0.2, 0.25) is 0 Å². The Labute approximate surface area is 103 Å². The predicted molar refractivity (Wildman–Crippen MR) is 64.8 cm³/mol. The molecular weight excluding hydrogens is 284 g/mol. The molecule has 0 aromatic heterocycles. The zero-order chi connectivity index (χ0) is 10.7. The van der Waals surface area contributed by atoms with Crippen molar-refractivity contribution < 1.29 is 9.50 Å². The van der Waals surface area contributed by atoms with Crippen LogP contribution in [0.15, 0.2) is 29.3 Å². The molecule has 0 saturated heterocycles. The largest absolute Gasteiger partial charge is 0.505 e. The molecule has 0 amide bonds. The van der Waals surface area contributed by atoms with Crippen LogP contribution >= 0.6 is 28.3 Å². The molecule has 0 fully saturated rings. The average Bonchev–Trinajstić information content (AvgIpc) is 2.11. The fraction of sp³-hybridized carbons (Fsp3) is 0.200. The van der Waals surface area contributed by atoms with Gasteiger partial charge in [0.1, 0.15) is 0 Å². The van der Waals surface area contributed by atoms with Crippen molar-refractivity contribution in [2.45, 2.75) is 12.5 Å². The summed E-state index contributed by atoms with van der Waals surface area (Å²) in [6.45, 7) is 3.53. The van der Waals surface area contributed by atoms with Crippen LogP contribution in [0.25, 0.3) is 0 Å². The summed E-state index contributed by atoms with van der Waals surface area (Å²) in [6.07, 6.45) is 2.12. The van der Waals surface area contributed by atoms with Crippen LogP contribution in [0, 0.1) is 5.82 Å². The van der Waals surface area contributed by atoms with Crippen molar-refractivity contribution in [1.29, 1.82) is 0 Å². The van der Waals surface area contributed by atoms with E-state index in [2.05, 4.69) is 22.5 Å². The number of nitrogens with two attached hydrogens (primary N) is 1. The maximum Gasteiger partial charge on any atom is 0.166 e.